The summed E-state index contributed by atoms with van der Waals surface area (Å²) in [5.74, 6) is 0. The zero-order valence-corrected chi connectivity index (χ0v) is 20.1. The molecule has 0 spiro atoms. The van der Waals surface area contributed by atoms with E-state index in [2.05, 4.69) is 51.1 Å². The summed E-state index contributed by atoms with van der Waals surface area (Å²) in [5.41, 5.74) is 1.50. The van der Waals surface area contributed by atoms with Crippen LogP contribution in [0.15, 0.2) is 30.3 Å². The molecule has 0 amide bonds. The van der Waals surface area contributed by atoms with E-state index in [9.17, 15) is 0 Å². The Kier molecular flexibility index (Phi) is 17.5. The van der Waals surface area contributed by atoms with Crippen LogP contribution in [0.2, 0.25) is 0 Å². The molecular weight excluding hydrogens is 394 g/mol. The Morgan fingerprint density at radius 2 is 0.963 bits per heavy atom. The SMILES string of the molecule is CCCCCCCCCCCCCCC[N+](CC)(CC)c1ccccc1.[Br-]. The third-order valence-corrected chi connectivity index (χ3v) is 6.20. The van der Waals surface area contributed by atoms with Crippen molar-refractivity contribution in [3.8, 4) is 0 Å². The molecule has 1 aromatic rings. The molecule has 0 aliphatic rings. The Balaban J connectivity index is 0.00000676. The number of benzene rings is 1. The summed E-state index contributed by atoms with van der Waals surface area (Å²) in [6.07, 6.45) is 18.7. The summed E-state index contributed by atoms with van der Waals surface area (Å²) in [5, 5.41) is 0. The van der Waals surface area contributed by atoms with Crippen LogP contribution in [0.1, 0.15) is 104 Å². The summed E-state index contributed by atoms with van der Waals surface area (Å²) in [6, 6.07) is 11.1. The molecule has 2 heteroatoms. The molecule has 0 radical (unpaired) electrons. The molecule has 1 aromatic carbocycles. The monoisotopic (exact) mass is 439 g/mol. The van der Waals surface area contributed by atoms with Gasteiger partial charge in [-0.15, -0.1) is 0 Å². The summed E-state index contributed by atoms with van der Waals surface area (Å²) in [4.78, 5) is 0. The normalized spacial score (nSPS) is 11.4. The first-order valence-corrected chi connectivity index (χ1v) is 11.7. The van der Waals surface area contributed by atoms with Crippen LogP contribution in [0.25, 0.3) is 0 Å². The number of hydrogen-bond donors (Lipinski definition) is 0. The van der Waals surface area contributed by atoms with Crippen LogP contribution < -0.4 is 21.5 Å². The van der Waals surface area contributed by atoms with E-state index in [0.29, 0.717) is 0 Å². The van der Waals surface area contributed by atoms with Crippen molar-refractivity contribution in [3.63, 3.8) is 0 Å². The van der Waals surface area contributed by atoms with Crippen molar-refractivity contribution in [2.24, 2.45) is 0 Å². The van der Waals surface area contributed by atoms with Crippen LogP contribution in [0.5, 0.6) is 0 Å². The molecule has 0 atom stereocenters. The maximum Gasteiger partial charge on any atom is 0.132 e. The first-order valence-electron chi connectivity index (χ1n) is 11.7. The Hall–Kier alpha value is -0.340. The lowest BCUT2D eigenvalue weighted by Crippen LogP contribution is -3.00. The molecule has 0 N–H and O–H groups in total. The number of halogens is 1. The molecule has 0 aromatic heterocycles. The van der Waals surface area contributed by atoms with E-state index in [-0.39, 0.29) is 17.0 Å². The molecule has 158 valence electrons. The Bertz CT molecular complexity index is 414. The van der Waals surface area contributed by atoms with Crippen LogP contribution in [0.4, 0.5) is 5.69 Å². The maximum absolute atomic E-state index is 2.35. The lowest BCUT2D eigenvalue weighted by molar-refractivity contribution is -0.00000571. The molecule has 0 fully saturated rings. The summed E-state index contributed by atoms with van der Waals surface area (Å²) >= 11 is 0. The van der Waals surface area contributed by atoms with Gasteiger partial charge in [0, 0.05) is 0 Å². The first-order chi connectivity index (χ1) is 12.8. The topological polar surface area (TPSA) is 0 Å². The van der Waals surface area contributed by atoms with Gasteiger partial charge in [0.2, 0.25) is 0 Å². The van der Waals surface area contributed by atoms with Crippen molar-refractivity contribution in [2.75, 3.05) is 19.6 Å². The van der Waals surface area contributed by atoms with Crippen LogP contribution in [-0.2, 0) is 0 Å². The predicted molar refractivity (Wildman–Crippen MR) is 120 cm³/mol. The lowest BCUT2D eigenvalue weighted by Gasteiger charge is -2.36. The second-order valence-corrected chi connectivity index (χ2v) is 8.08. The standard InChI is InChI=1S/C25H46N.BrH/c1-4-7-8-9-10-11-12-13-14-15-16-17-21-24-26(5-2,6-3)25-22-19-18-20-23-25;/h18-20,22-23H,4-17,21,24H2,1-3H3;1H/q+1;/p-1. The highest BCUT2D eigenvalue weighted by Gasteiger charge is 2.25. The van der Waals surface area contributed by atoms with Gasteiger partial charge in [-0.1, -0.05) is 95.8 Å². The average molecular weight is 441 g/mol. The zero-order chi connectivity index (χ0) is 18.9. The summed E-state index contributed by atoms with van der Waals surface area (Å²) in [7, 11) is 0. The summed E-state index contributed by atoms with van der Waals surface area (Å²) in [6.45, 7) is 10.7. The van der Waals surface area contributed by atoms with Crippen molar-refractivity contribution in [3.05, 3.63) is 30.3 Å². The number of para-hydroxylation sites is 1. The molecule has 0 aliphatic heterocycles. The van der Waals surface area contributed by atoms with Crippen LogP contribution in [0, 0.1) is 0 Å². The van der Waals surface area contributed by atoms with Gasteiger partial charge in [0.05, 0.1) is 19.6 Å². The Labute approximate surface area is 181 Å². The van der Waals surface area contributed by atoms with Crippen molar-refractivity contribution < 1.29 is 17.0 Å². The zero-order valence-electron chi connectivity index (χ0n) is 18.5. The van der Waals surface area contributed by atoms with Gasteiger partial charge in [0.1, 0.15) is 5.69 Å². The highest BCUT2D eigenvalue weighted by atomic mass is 79.9. The molecule has 0 heterocycles. The van der Waals surface area contributed by atoms with Crippen molar-refractivity contribution >= 4 is 5.69 Å². The van der Waals surface area contributed by atoms with E-state index < -0.39 is 0 Å². The molecule has 27 heavy (non-hydrogen) atoms. The highest BCUT2D eigenvalue weighted by Crippen LogP contribution is 2.24. The van der Waals surface area contributed by atoms with Gasteiger partial charge in [-0.25, -0.2) is 0 Å². The minimum absolute atomic E-state index is 0. The molecule has 1 rings (SSSR count). The fourth-order valence-corrected chi connectivity index (χ4v) is 4.21. The summed E-state index contributed by atoms with van der Waals surface area (Å²) < 4.78 is 1.15. The van der Waals surface area contributed by atoms with Gasteiger partial charge >= 0.3 is 0 Å². The van der Waals surface area contributed by atoms with E-state index in [1.165, 1.54) is 109 Å². The fraction of sp³-hybridized carbons (Fsp3) is 0.760. The fourth-order valence-electron chi connectivity index (χ4n) is 4.21. The van der Waals surface area contributed by atoms with Gasteiger partial charge in [0.15, 0.2) is 0 Å². The largest absolute Gasteiger partial charge is 1.00 e. The second kappa shape index (κ2) is 17.7. The molecule has 0 aliphatic carbocycles. The van der Waals surface area contributed by atoms with Gasteiger partial charge in [-0.3, -0.25) is 4.48 Å². The van der Waals surface area contributed by atoms with Gasteiger partial charge in [-0.2, -0.15) is 0 Å². The van der Waals surface area contributed by atoms with Crippen molar-refractivity contribution in [1.29, 1.82) is 0 Å². The molecular formula is C25H46BrN. The second-order valence-electron chi connectivity index (χ2n) is 8.08. The molecule has 0 bridgehead atoms. The minimum Gasteiger partial charge on any atom is -1.00 e. The Morgan fingerprint density at radius 3 is 1.37 bits per heavy atom. The van der Waals surface area contributed by atoms with E-state index in [1.807, 2.05) is 0 Å². The van der Waals surface area contributed by atoms with E-state index in [1.54, 1.807) is 0 Å². The van der Waals surface area contributed by atoms with E-state index >= 15 is 0 Å². The minimum atomic E-state index is 0. The van der Waals surface area contributed by atoms with Crippen LogP contribution in [-0.4, -0.2) is 19.6 Å². The number of unbranched alkanes of at least 4 members (excludes halogenated alkanes) is 12. The van der Waals surface area contributed by atoms with Crippen LogP contribution >= 0.6 is 0 Å². The third-order valence-electron chi connectivity index (χ3n) is 6.20. The number of quaternary nitrogens is 1. The predicted octanol–water partition coefficient (Wildman–Crippen LogP) is 5.13. The van der Waals surface area contributed by atoms with E-state index in [4.69, 9.17) is 0 Å². The van der Waals surface area contributed by atoms with E-state index in [0.717, 1.165) is 4.48 Å². The number of rotatable bonds is 17. The smallest absolute Gasteiger partial charge is 0.132 e. The quantitative estimate of drug-likeness (QED) is 0.233. The maximum atomic E-state index is 2.35. The van der Waals surface area contributed by atoms with Crippen molar-refractivity contribution in [1.82, 2.24) is 4.48 Å². The van der Waals surface area contributed by atoms with Gasteiger partial charge in [0.25, 0.3) is 0 Å². The molecule has 1 nitrogen and oxygen atoms in total. The lowest BCUT2D eigenvalue weighted by atomic mass is 10.0. The van der Waals surface area contributed by atoms with Crippen molar-refractivity contribution in [2.45, 2.75) is 104 Å². The number of hydrogen-bond acceptors (Lipinski definition) is 0. The molecule has 0 saturated carbocycles. The third kappa shape index (κ3) is 11.3. The van der Waals surface area contributed by atoms with Gasteiger partial charge < -0.3 is 17.0 Å². The molecule has 0 unspecified atom stereocenters. The molecule has 0 saturated heterocycles. The van der Waals surface area contributed by atoms with Crippen LogP contribution in [0.3, 0.4) is 0 Å². The highest BCUT2D eigenvalue weighted by molar-refractivity contribution is 5.42. The Morgan fingerprint density at radius 1 is 0.556 bits per heavy atom. The first kappa shape index (κ1) is 26.7. The number of nitrogens with zero attached hydrogens (tertiary/aromatic N) is 1. The average Bonchev–Trinajstić information content (AvgIpc) is 2.69. The van der Waals surface area contributed by atoms with Gasteiger partial charge in [-0.05, 0) is 38.8 Å².